The highest BCUT2D eigenvalue weighted by molar-refractivity contribution is 5.92. The summed E-state index contributed by atoms with van der Waals surface area (Å²) in [6.45, 7) is 3.19. The molecule has 2 amide bonds. The maximum absolute atomic E-state index is 13.2. The van der Waals surface area contributed by atoms with Crippen molar-refractivity contribution >= 4 is 11.7 Å². The summed E-state index contributed by atoms with van der Waals surface area (Å²) in [5, 5.41) is 10.9. The van der Waals surface area contributed by atoms with E-state index >= 15 is 0 Å². The van der Waals surface area contributed by atoms with Gasteiger partial charge in [0.15, 0.2) is 0 Å². The first kappa shape index (κ1) is 19.0. The Bertz CT molecular complexity index is 853. The number of aliphatic hydroxyl groups excluding tert-OH is 1. The van der Waals surface area contributed by atoms with E-state index < -0.39 is 35.5 Å². The lowest BCUT2D eigenvalue weighted by atomic mass is 9.84. The number of rotatable bonds is 2. The fourth-order valence-electron chi connectivity index (χ4n) is 3.24. The SMILES string of the molecule is CC1(C)Oc2ccc(C(F)(F)F)cc2[C@@H](N(C(N)=O)c2ccccc2)[C@@H]1O. The Labute approximate surface area is 154 Å². The van der Waals surface area contributed by atoms with Gasteiger partial charge in [-0.3, -0.25) is 4.90 Å². The highest BCUT2D eigenvalue weighted by atomic mass is 19.4. The summed E-state index contributed by atoms with van der Waals surface area (Å²) < 4.78 is 45.3. The van der Waals surface area contributed by atoms with Crippen LogP contribution in [-0.4, -0.2) is 22.8 Å². The van der Waals surface area contributed by atoms with Crippen LogP contribution in [0.2, 0.25) is 0 Å². The first-order chi connectivity index (χ1) is 12.5. The van der Waals surface area contributed by atoms with Gasteiger partial charge in [-0.05, 0) is 44.2 Å². The average molecular weight is 380 g/mol. The summed E-state index contributed by atoms with van der Waals surface area (Å²) in [5.74, 6) is 0.158. The van der Waals surface area contributed by atoms with Crippen molar-refractivity contribution in [2.45, 2.75) is 37.8 Å². The number of hydrogen-bond donors (Lipinski definition) is 2. The van der Waals surface area contributed by atoms with Crippen LogP contribution in [0.4, 0.5) is 23.7 Å². The van der Waals surface area contributed by atoms with Gasteiger partial charge in [-0.2, -0.15) is 13.2 Å². The topological polar surface area (TPSA) is 75.8 Å². The van der Waals surface area contributed by atoms with Crippen LogP contribution in [0.1, 0.15) is 31.0 Å². The van der Waals surface area contributed by atoms with Gasteiger partial charge in [-0.1, -0.05) is 18.2 Å². The molecule has 2 aromatic rings. The normalized spacial score (nSPS) is 21.1. The minimum atomic E-state index is -4.58. The summed E-state index contributed by atoms with van der Waals surface area (Å²) in [6, 6.07) is 9.17. The van der Waals surface area contributed by atoms with E-state index in [0.717, 1.165) is 17.0 Å². The van der Waals surface area contributed by atoms with E-state index in [4.69, 9.17) is 10.5 Å². The lowest BCUT2D eigenvalue weighted by molar-refractivity contribution is -0.137. The van der Waals surface area contributed by atoms with Gasteiger partial charge in [-0.15, -0.1) is 0 Å². The van der Waals surface area contributed by atoms with Gasteiger partial charge in [0.05, 0.1) is 11.6 Å². The summed E-state index contributed by atoms with van der Waals surface area (Å²) in [7, 11) is 0. The minimum absolute atomic E-state index is 0.0410. The number of carbonyl (C=O) groups excluding carboxylic acids is 1. The van der Waals surface area contributed by atoms with Gasteiger partial charge < -0.3 is 15.6 Å². The molecule has 0 fully saturated rings. The Kier molecular flexibility index (Phi) is 4.55. The third kappa shape index (κ3) is 3.44. The van der Waals surface area contributed by atoms with Crippen molar-refractivity contribution in [2.24, 2.45) is 5.73 Å². The number of aliphatic hydroxyl groups is 1. The molecule has 0 unspecified atom stereocenters. The van der Waals surface area contributed by atoms with Crippen molar-refractivity contribution in [3.8, 4) is 5.75 Å². The number of para-hydroxylation sites is 1. The van der Waals surface area contributed by atoms with E-state index in [2.05, 4.69) is 0 Å². The number of ether oxygens (including phenoxy) is 1. The Morgan fingerprint density at radius 1 is 1.19 bits per heavy atom. The zero-order valence-electron chi connectivity index (χ0n) is 14.7. The van der Waals surface area contributed by atoms with Crippen LogP contribution in [0.3, 0.4) is 0 Å². The molecular weight excluding hydrogens is 361 g/mol. The fraction of sp³-hybridized carbons (Fsp3) is 0.316. The van der Waals surface area contributed by atoms with Crippen LogP contribution in [-0.2, 0) is 6.18 Å². The van der Waals surface area contributed by atoms with E-state index in [1.165, 1.54) is 6.07 Å². The third-order valence-electron chi connectivity index (χ3n) is 4.59. The average Bonchev–Trinajstić information content (AvgIpc) is 2.58. The molecular formula is C19H19F3N2O3. The van der Waals surface area contributed by atoms with Gasteiger partial charge in [0.25, 0.3) is 0 Å². The molecule has 2 aromatic carbocycles. The van der Waals surface area contributed by atoms with Gasteiger partial charge >= 0.3 is 12.2 Å². The number of anilines is 1. The second kappa shape index (κ2) is 6.45. The van der Waals surface area contributed by atoms with Crippen LogP contribution in [0.15, 0.2) is 48.5 Å². The van der Waals surface area contributed by atoms with E-state index in [-0.39, 0.29) is 11.3 Å². The van der Waals surface area contributed by atoms with Crippen molar-refractivity contribution in [2.75, 3.05) is 4.90 Å². The van der Waals surface area contributed by atoms with Gasteiger partial charge in [-0.25, -0.2) is 4.79 Å². The number of nitrogens with two attached hydrogens (primary N) is 1. The molecule has 0 saturated carbocycles. The van der Waals surface area contributed by atoms with Crippen LogP contribution in [0, 0.1) is 0 Å². The quantitative estimate of drug-likeness (QED) is 0.831. The highest BCUT2D eigenvalue weighted by Gasteiger charge is 2.47. The van der Waals surface area contributed by atoms with Crippen LogP contribution >= 0.6 is 0 Å². The standard InChI is InChI=1S/C19H19F3N2O3/c1-18(2)16(25)15(24(17(23)26)12-6-4-3-5-7-12)13-10-11(19(20,21)22)8-9-14(13)27-18/h3-10,15-16,25H,1-2H3,(H2,23,26)/t15-,16+/m1/s1. The van der Waals surface area contributed by atoms with Crippen molar-refractivity contribution in [3.63, 3.8) is 0 Å². The van der Waals surface area contributed by atoms with Gasteiger partial charge in [0.1, 0.15) is 17.5 Å². The summed E-state index contributed by atoms with van der Waals surface area (Å²) in [6.07, 6.45) is -5.90. The zero-order chi connectivity index (χ0) is 20.0. The molecule has 1 aliphatic heterocycles. The number of hydrogen-bond acceptors (Lipinski definition) is 3. The lowest BCUT2D eigenvalue weighted by Crippen LogP contribution is -2.56. The molecule has 1 heterocycles. The molecule has 0 aromatic heterocycles. The van der Waals surface area contributed by atoms with Crippen LogP contribution < -0.4 is 15.4 Å². The second-order valence-electron chi connectivity index (χ2n) is 6.89. The van der Waals surface area contributed by atoms with E-state index in [1.807, 2.05) is 0 Å². The smallest absolute Gasteiger partial charge is 0.416 e. The molecule has 27 heavy (non-hydrogen) atoms. The Morgan fingerprint density at radius 2 is 1.81 bits per heavy atom. The molecule has 0 saturated heterocycles. The number of carbonyl (C=O) groups is 1. The number of benzene rings is 2. The van der Waals surface area contributed by atoms with E-state index in [9.17, 15) is 23.1 Å². The van der Waals surface area contributed by atoms with Crippen molar-refractivity contribution in [1.29, 1.82) is 0 Å². The maximum atomic E-state index is 13.2. The van der Waals surface area contributed by atoms with Gasteiger partial charge in [0.2, 0.25) is 0 Å². The molecule has 0 aliphatic carbocycles. The zero-order valence-corrected chi connectivity index (χ0v) is 14.7. The Hall–Kier alpha value is -2.74. The molecule has 0 bridgehead atoms. The number of urea groups is 1. The van der Waals surface area contributed by atoms with Crippen LogP contribution in [0.5, 0.6) is 5.75 Å². The molecule has 3 rings (SSSR count). The maximum Gasteiger partial charge on any atom is 0.416 e. The molecule has 2 atom stereocenters. The van der Waals surface area contributed by atoms with E-state index in [1.54, 1.807) is 44.2 Å². The molecule has 8 heteroatoms. The lowest BCUT2D eigenvalue weighted by Gasteiger charge is -2.46. The molecule has 0 spiro atoms. The van der Waals surface area contributed by atoms with Gasteiger partial charge in [0, 0.05) is 11.3 Å². The number of alkyl halides is 3. The monoisotopic (exact) mass is 380 g/mol. The number of primary amides is 1. The fourth-order valence-corrected chi connectivity index (χ4v) is 3.24. The first-order valence-corrected chi connectivity index (χ1v) is 8.24. The predicted molar refractivity (Wildman–Crippen MR) is 93.4 cm³/mol. The molecule has 3 N–H and O–H groups in total. The largest absolute Gasteiger partial charge is 0.485 e. The van der Waals surface area contributed by atoms with Crippen LogP contribution in [0.25, 0.3) is 0 Å². The number of halogens is 3. The molecule has 0 radical (unpaired) electrons. The molecule has 5 nitrogen and oxygen atoms in total. The number of amides is 2. The summed E-state index contributed by atoms with van der Waals surface area (Å²) >= 11 is 0. The van der Waals surface area contributed by atoms with Crippen molar-refractivity contribution < 1.29 is 27.8 Å². The van der Waals surface area contributed by atoms with Crippen molar-refractivity contribution in [3.05, 3.63) is 59.7 Å². The third-order valence-corrected chi connectivity index (χ3v) is 4.59. The first-order valence-electron chi connectivity index (χ1n) is 8.24. The number of fused-ring (bicyclic) bond motifs is 1. The highest BCUT2D eigenvalue weighted by Crippen LogP contribution is 2.46. The molecule has 1 aliphatic rings. The predicted octanol–water partition coefficient (Wildman–Crippen LogP) is 3.86. The Balaban J connectivity index is 2.22. The summed E-state index contributed by atoms with van der Waals surface area (Å²) in [5.41, 5.74) is 3.89. The van der Waals surface area contributed by atoms with E-state index in [0.29, 0.717) is 5.69 Å². The summed E-state index contributed by atoms with van der Waals surface area (Å²) in [4.78, 5) is 13.3. The van der Waals surface area contributed by atoms with Crippen molar-refractivity contribution in [1.82, 2.24) is 0 Å². The Morgan fingerprint density at radius 3 is 2.37 bits per heavy atom. The second-order valence-corrected chi connectivity index (χ2v) is 6.89. The minimum Gasteiger partial charge on any atom is -0.485 e. The number of nitrogens with zero attached hydrogens (tertiary/aromatic N) is 1. The molecule has 144 valence electrons.